The predicted molar refractivity (Wildman–Crippen MR) is 105 cm³/mol. The highest BCUT2D eigenvalue weighted by Gasteiger charge is 2.44. The van der Waals surface area contributed by atoms with Crippen LogP contribution in [0.25, 0.3) is 0 Å². The molecule has 2 aromatic rings. The molecule has 0 radical (unpaired) electrons. The third-order valence-electron chi connectivity index (χ3n) is 4.87. The number of halogens is 2. The Morgan fingerprint density at radius 2 is 1.84 bits per heavy atom. The van der Waals surface area contributed by atoms with Crippen LogP contribution in [-0.2, 0) is 9.59 Å². The van der Waals surface area contributed by atoms with Crippen molar-refractivity contribution in [1.82, 2.24) is 4.90 Å². The van der Waals surface area contributed by atoms with Crippen LogP contribution in [0.4, 0.5) is 8.78 Å². The van der Waals surface area contributed by atoms with Crippen LogP contribution in [0.3, 0.4) is 0 Å². The first-order valence-electron chi connectivity index (χ1n) is 9.45. The van der Waals surface area contributed by atoms with Crippen molar-refractivity contribution in [3.63, 3.8) is 0 Å². The number of hydrogen-bond donors (Lipinski definition) is 2. The van der Waals surface area contributed by atoms with Crippen LogP contribution in [0.2, 0.25) is 0 Å². The Labute approximate surface area is 176 Å². The lowest BCUT2D eigenvalue weighted by Gasteiger charge is -2.32. The molecule has 3 rings (SSSR count). The highest BCUT2D eigenvalue weighted by atomic mass is 19.3. The second-order valence-corrected chi connectivity index (χ2v) is 6.81. The molecule has 0 saturated heterocycles. The molecule has 1 aliphatic rings. The van der Waals surface area contributed by atoms with Gasteiger partial charge in [0.15, 0.2) is 11.5 Å². The lowest BCUT2D eigenvalue weighted by atomic mass is 9.98. The maximum absolute atomic E-state index is 13.1. The zero-order valence-electron chi connectivity index (χ0n) is 16.6. The van der Waals surface area contributed by atoms with Gasteiger partial charge in [-0.15, -0.1) is 0 Å². The molecule has 3 amide bonds. The number of primary amides is 2. The SMILES string of the molecule is CCOc1cc(C(CC(N)=O)N2C(=O)c3ccccc3C2C(N)=O)ccc1OC(F)F. The molecule has 0 saturated carbocycles. The molecule has 0 aliphatic carbocycles. The van der Waals surface area contributed by atoms with Gasteiger partial charge in [0.1, 0.15) is 6.04 Å². The first-order valence-corrected chi connectivity index (χ1v) is 9.45. The molecule has 0 aromatic heterocycles. The van der Waals surface area contributed by atoms with Gasteiger partial charge in [-0.3, -0.25) is 14.4 Å². The molecule has 8 nitrogen and oxygen atoms in total. The summed E-state index contributed by atoms with van der Waals surface area (Å²) in [4.78, 5) is 38.4. The summed E-state index contributed by atoms with van der Waals surface area (Å²) in [6.45, 7) is -1.26. The number of ether oxygens (including phenoxy) is 2. The number of fused-ring (bicyclic) bond motifs is 1. The van der Waals surface area contributed by atoms with Crippen LogP contribution in [0.1, 0.15) is 46.9 Å². The Kier molecular flexibility index (Phi) is 6.38. The van der Waals surface area contributed by atoms with Gasteiger partial charge in [0.25, 0.3) is 5.91 Å². The number of carbonyl (C=O) groups excluding carboxylic acids is 3. The van der Waals surface area contributed by atoms with E-state index in [2.05, 4.69) is 4.74 Å². The highest BCUT2D eigenvalue weighted by Crippen LogP contribution is 2.42. The number of carbonyl (C=O) groups is 3. The van der Waals surface area contributed by atoms with E-state index in [0.29, 0.717) is 11.1 Å². The zero-order chi connectivity index (χ0) is 22.7. The predicted octanol–water partition coefficient (Wildman–Crippen LogP) is 2.29. The summed E-state index contributed by atoms with van der Waals surface area (Å²) >= 11 is 0. The molecule has 0 bridgehead atoms. The molecular weight excluding hydrogens is 412 g/mol. The van der Waals surface area contributed by atoms with Crippen molar-refractivity contribution < 1.29 is 32.6 Å². The van der Waals surface area contributed by atoms with Crippen molar-refractivity contribution in [2.45, 2.75) is 32.0 Å². The van der Waals surface area contributed by atoms with E-state index < -0.39 is 36.4 Å². The van der Waals surface area contributed by atoms with Crippen LogP contribution in [-0.4, -0.2) is 35.8 Å². The largest absolute Gasteiger partial charge is 0.490 e. The van der Waals surface area contributed by atoms with Gasteiger partial charge < -0.3 is 25.8 Å². The van der Waals surface area contributed by atoms with Gasteiger partial charge in [0.2, 0.25) is 11.8 Å². The molecule has 2 atom stereocenters. The minimum absolute atomic E-state index is 0.00504. The summed E-state index contributed by atoms with van der Waals surface area (Å²) in [5, 5.41) is 0. The van der Waals surface area contributed by atoms with Gasteiger partial charge in [-0.2, -0.15) is 8.78 Å². The maximum atomic E-state index is 13.1. The molecule has 164 valence electrons. The number of amides is 3. The molecule has 0 fully saturated rings. The average Bonchev–Trinajstić information content (AvgIpc) is 3.00. The summed E-state index contributed by atoms with van der Waals surface area (Å²) in [5.41, 5.74) is 12.0. The lowest BCUT2D eigenvalue weighted by Crippen LogP contribution is -2.40. The fourth-order valence-electron chi connectivity index (χ4n) is 3.71. The number of nitrogens with zero attached hydrogens (tertiary/aromatic N) is 1. The summed E-state index contributed by atoms with van der Waals surface area (Å²) in [6.07, 6.45) is -0.329. The van der Waals surface area contributed by atoms with Gasteiger partial charge in [-0.25, -0.2) is 0 Å². The van der Waals surface area contributed by atoms with E-state index in [4.69, 9.17) is 16.2 Å². The Hall–Kier alpha value is -3.69. The van der Waals surface area contributed by atoms with Crippen LogP contribution >= 0.6 is 0 Å². The van der Waals surface area contributed by atoms with Gasteiger partial charge in [0.05, 0.1) is 19.1 Å². The van der Waals surface area contributed by atoms with Crippen molar-refractivity contribution >= 4 is 17.7 Å². The standard InChI is InChI=1S/C21H21F2N3O5/c1-2-30-16-9-11(7-8-15(16)31-21(22)23)14(10-17(24)27)26-18(19(25)28)12-5-3-4-6-13(12)20(26)29/h3-9,14,18,21H,2,10H2,1H3,(H2,24,27)(H2,25,28). The van der Waals surface area contributed by atoms with E-state index in [1.54, 1.807) is 31.2 Å². The number of alkyl halides is 2. The fourth-order valence-corrected chi connectivity index (χ4v) is 3.71. The topological polar surface area (TPSA) is 125 Å². The quantitative estimate of drug-likeness (QED) is 0.628. The smallest absolute Gasteiger partial charge is 0.387 e. The van der Waals surface area contributed by atoms with Gasteiger partial charge in [0, 0.05) is 5.56 Å². The lowest BCUT2D eigenvalue weighted by molar-refractivity contribution is -0.125. The minimum atomic E-state index is -3.07. The van der Waals surface area contributed by atoms with E-state index in [-0.39, 0.29) is 30.1 Å². The molecule has 0 spiro atoms. The van der Waals surface area contributed by atoms with E-state index in [0.717, 1.165) is 0 Å². The zero-order valence-corrected chi connectivity index (χ0v) is 16.6. The van der Waals surface area contributed by atoms with Crippen molar-refractivity contribution in [3.8, 4) is 11.5 Å². The number of hydrogen-bond acceptors (Lipinski definition) is 5. The minimum Gasteiger partial charge on any atom is -0.490 e. The first-order chi connectivity index (χ1) is 14.7. The van der Waals surface area contributed by atoms with E-state index in [1.807, 2.05) is 0 Å². The molecular formula is C21H21F2N3O5. The number of nitrogens with two attached hydrogens (primary N) is 2. The summed E-state index contributed by atoms with van der Waals surface area (Å²) in [5.74, 6) is -2.23. The van der Waals surface area contributed by atoms with Gasteiger partial charge in [-0.05, 0) is 36.2 Å². The second kappa shape index (κ2) is 8.99. The van der Waals surface area contributed by atoms with Crippen LogP contribution in [0, 0.1) is 0 Å². The Bertz CT molecular complexity index is 1010. The highest BCUT2D eigenvalue weighted by molar-refractivity contribution is 6.04. The van der Waals surface area contributed by atoms with Crippen LogP contribution < -0.4 is 20.9 Å². The van der Waals surface area contributed by atoms with E-state index >= 15 is 0 Å². The molecule has 1 aliphatic heterocycles. The van der Waals surface area contributed by atoms with Crippen molar-refractivity contribution in [2.75, 3.05) is 6.61 Å². The fraction of sp³-hybridized carbons (Fsp3) is 0.286. The first kappa shape index (κ1) is 22.0. The van der Waals surface area contributed by atoms with Crippen molar-refractivity contribution in [2.24, 2.45) is 11.5 Å². The summed E-state index contributed by atoms with van der Waals surface area (Å²) in [7, 11) is 0. The van der Waals surface area contributed by atoms with Crippen molar-refractivity contribution in [3.05, 3.63) is 59.2 Å². The second-order valence-electron chi connectivity index (χ2n) is 6.81. The molecule has 31 heavy (non-hydrogen) atoms. The number of rotatable bonds is 9. The molecule has 1 heterocycles. The molecule has 4 N–H and O–H groups in total. The van der Waals surface area contributed by atoms with Crippen LogP contribution in [0.15, 0.2) is 42.5 Å². The molecule has 10 heteroatoms. The average molecular weight is 433 g/mol. The molecule has 2 aromatic carbocycles. The number of benzene rings is 2. The van der Waals surface area contributed by atoms with Crippen molar-refractivity contribution in [1.29, 1.82) is 0 Å². The third-order valence-corrected chi connectivity index (χ3v) is 4.87. The van der Waals surface area contributed by atoms with Gasteiger partial charge >= 0.3 is 6.61 Å². The normalized spacial score (nSPS) is 16.2. The monoisotopic (exact) mass is 433 g/mol. The van der Waals surface area contributed by atoms with E-state index in [1.165, 1.54) is 23.1 Å². The van der Waals surface area contributed by atoms with E-state index in [9.17, 15) is 23.2 Å². The van der Waals surface area contributed by atoms with Gasteiger partial charge in [-0.1, -0.05) is 24.3 Å². The summed E-state index contributed by atoms with van der Waals surface area (Å²) in [6, 6.07) is 8.38. The Morgan fingerprint density at radius 3 is 2.45 bits per heavy atom. The molecule has 2 unspecified atom stereocenters. The summed E-state index contributed by atoms with van der Waals surface area (Å²) < 4.78 is 35.3. The third kappa shape index (κ3) is 4.42. The maximum Gasteiger partial charge on any atom is 0.387 e. The van der Waals surface area contributed by atoms with Crippen LogP contribution in [0.5, 0.6) is 11.5 Å². The Morgan fingerprint density at radius 1 is 1.13 bits per heavy atom. The Balaban J connectivity index is 2.10.